The predicted molar refractivity (Wildman–Crippen MR) is 120 cm³/mol. The number of carbonyl (C=O) groups is 1. The summed E-state index contributed by atoms with van der Waals surface area (Å²) in [5, 5.41) is 11.5. The van der Waals surface area contributed by atoms with Gasteiger partial charge in [-0.3, -0.25) is 14.9 Å². The first kappa shape index (κ1) is 19.6. The van der Waals surface area contributed by atoms with Crippen LogP contribution in [-0.4, -0.2) is 23.8 Å². The van der Waals surface area contributed by atoms with Crippen molar-refractivity contribution >= 4 is 23.2 Å². The number of ketones is 1. The molecule has 150 valence electrons. The molecule has 1 saturated heterocycles. The van der Waals surface area contributed by atoms with Gasteiger partial charge >= 0.3 is 0 Å². The monoisotopic (exact) mass is 398 g/mol. The Balaban J connectivity index is 1.51. The topological polar surface area (TPSA) is 63.5 Å². The summed E-state index contributed by atoms with van der Waals surface area (Å²) in [4.78, 5) is 25.8. The van der Waals surface area contributed by atoms with E-state index in [2.05, 4.69) is 0 Å². The molecule has 0 atom stereocenters. The van der Waals surface area contributed by atoms with Gasteiger partial charge in [-0.05, 0) is 41.7 Å². The molecule has 30 heavy (non-hydrogen) atoms. The number of rotatable bonds is 6. The van der Waals surface area contributed by atoms with Gasteiger partial charge in [0, 0.05) is 24.7 Å². The highest BCUT2D eigenvalue weighted by Crippen LogP contribution is 2.32. The minimum absolute atomic E-state index is 0.0821. The number of allylic oxidation sites excluding steroid dienone is 1. The zero-order chi connectivity index (χ0) is 20.9. The van der Waals surface area contributed by atoms with Gasteiger partial charge in [-0.15, -0.1) is 0 Å². The Morgan fingerprint density at radius 3 is 2.23 bits per heavy atom. The molecule has 3 aromatic rings. The average Bonchev–Trinajstić information content (AvgIpc) is 3.33. The summed E-state index contributed by atoms with van der Waals surface area (Å²) in [6.07, 6.45) is 5.20. The predicted octanol–water partition coefficient (Wildman–Crippen LogP) is 5.76. The summed E-state index contributed by atoms with van der Waals surface area (Å²) in [5.74, 6) is -0.138. The number of nitro benzene ring substituents is 1. The van der Waals surface area contributed by atoms with Crippen molar-refractivity contribution in [3.63, 3.8) is 0 Å². The molecule has 4 rings (SSSR count). The summed E-state index contributed by atoms with van der Waals surface area (Å²) < 4.78 is 0. The van der Waals surface area contributed by atoms with Crippen molar-refractivity contribution in [3.05, 3.63) is 100 Å². The van der Waals surface area contributed by atoms with Crippen LogP contribution in [0.15, 0.2) is 78.9 Å². The van der Waals surface area contributed by atoms with Crippen LogP contribution in [0.1, 0.15) is 28.8 Å². The Bertz CT molecular complexity index is 1080. The second-order valence-corrected chi connectivity index (χ2v) is 7.34. The van der Waals surface area contributed by atoms with Gasteiger partial charge in [0.05, 0.1) is 4.92 Å². The highest BCUT2D eigenvalue weighted by Gasteiger charge is 2.22. The molecule has 0 radical (unpaired) electrons. The molecule has 3 aromatic carbocycles. The van der Waals surface area contributed by atoms with E-state index in [0.717, 1.165) is 37.1 Å². The van der Waals surface area contributed by atoms with Crippen LogP contribution in [0.25, 0.3) is 17.2 Å². The third-order valence-corrected chi connectivity index (χ3v) is 5.35. The lowest BCUT2D eigenvalue weighted by atomic mass is 10.0. The van der Waals surface area contributed by atoms with E-state index in [4.69, 9.17) is 0 Å². The number of hydrogen-bond donors (Lipinski definition) is 0. The van der Waals surface area contributed by atoms with Crippen molar-refractivity contribution < 1.29 is 9.72 Å². The summed E-state index contributed by atoms with van der Waals surface area (Å²) in [7, 11) is 0. The third-order valence-electron chi connectivity index (χ3n) is 5.35. The Kier molecular flexibility index (Phi) is 5.70. The Morgan fingerprint density at radius 2 is 1.57 bits per heavy atom. The van der Waals surface area contributed by atoms with E-state index in [1.165, 1.54) is 12.1 Å². The molecule has 0 unspecified atom stereocenters. The number of anilines is 1. The molecule has 5 heteroatoms. The molecular formula is C25H22N2O3. The molecule has 1 aliphatic rings. The van der Waals surface area contributed by atoms with Gasteiger partial charge in [-0.2, -0.15) is 0 Å². The van der Waals surface area contributed by atoms with E-state index in [0.29, 0.717) is 16.8 Å². The van der Waals surface area contributed by atoms with E-state index in [1.807, 2.05) is 53.4 Å². The van der Waals surface area contributed by atoms with Crippen molar-refractivity contribution in [2.75, 3.05) is 18.0 Å². The van der Waals surface area contributed by atoms with E-state index >= 15 is 0 Å². The summed E-state index contributed by atoms with van der Waals surface area (Å²) in [5.41, 5.74) is 4.09. The molecule has 0 aromatic heterocycles. The number of benzene rings is 3. The van der Waals surface area contributed by atoms with Crippen molar-refractivity contribution in [1.82, 2.24) is 0 Å². The molecular weight excluding hydrogens is 376 g/mol. The lowest BCUT2D eigenvalue weighted by molar-refractivity contribution is -0.384. The second-order valence-electron chi connectivity index (χ2n) is 7.34. The lowest BCUT2D eigenvalue weighted by Gasteiger charge is -2.17. The van der Waals surface area contributed by atoms with E-state index in [1.54, 1.807) is 24.3 Å². The molecule has 0 aliphatic carbocycles. The van der Waals surface area contributed by atoms with Crippen molar-refractivity contribution in [3.8, 4) is 11.1 Å². The van der Waals surface area contributed by atoms with Crippen molar-refractivity contribution in [1.29, 1.82) is 0 Å². The van der Waals surface area contributed by atoms with Gasteiger partial charge < -0.3 is 4.90 Å². The molecule has 0 N–H and O–H groups in total. The van der Waals surface area contributed by atoms with Crippen LogP contribution in [0.2, 0.25) is 0 Å². The van der Waals surface area contributed by atoms with Gasteiger partial charge in [0.1, 0.15) is 5.69 Å². The summed E-state index contributed by atoms with van der Waals surface area (Å²) >= 11 is 0. The molecule has 0 amide bonds. The van der Waals surface area contributed by atoms with Gasteiger partial charge in [0.25, 0.3) is 5.69 Å². The van der Waals surface area contributed by atoms with Crippen LogP contribution < -0.4 is 4.90 Å². The fraction of sp³-hybridized carbons (Fsp3) is 0.160. The normalized spacial score (nSPS) is 13.7. The zero-order valence-corrected chi connectivity index (χ0v) is 16.5. The van der Waals surface area contributed by atoms with Crippen LogP contribution in [-0.2, 0) is 0 Å². The van der Waals surface area contributed by atoms with Crippen molar-refractivity contribution in [2.45, 2.75) is 12.8 Å². The largest absolute Gasteiger partial charge is 0.366 e. The summed E-state index contributed by atoms with van der Waals surface area (Å²) in [6, 6.07) is 22.6. The molecule has 1 aliphatic heterocycles. The average molecular weight is 398 g/mol. The van der Waals surface area contributed by atoms with Crippen LogP contribution in [0, 0.1) is 10.1 Å². The van der Waals surface area contributed by atoms with Crippen LogP contribution in [0.5, 0.6) is 0 Å². The summed E-state index contributed by atoms with van der Waals surface area (Å²) in [6.45, 7) is 1.68. The third kappa shape index (κ3) is 4.30. The zero-order valence-electron chi connectivity index (χ0n) is 16.5. The van der Waals surface area contributed by atoms with Crippen molar-refractivity contribution in [2.24, 2.45) is 0 Å². The maximum atomic E-state index is 12.5. The van der Waals surface area contributed by atoms with Gasteiger partial charge in [-0.25, -0.2) is 0 Å². The van der Waals surface area contributed by atoms with E-state index in [-0.39, 0.29) is 16.4 Å². The molecule has 0 bridgehead atoms. The standard InChI is InChI=1S/C25H22N2O3/c28-25(22-12-10-21(11-13-22)20-6-2-1-3-7-20)15-9-19-8-14-23(24(18-19)27(29)30)26-16-4-5-17-26/h1-3,6-15,18H,4-5,16-17H2/b15-9+. The number of hydrogen-bond acceptors (Lipinski definition) is 4. The molecule has 1 heterocycles. The Labute approximate surface area is 175 Å². The Hall–Kier alpha value is -3.73. The van der Waals surface area contributed by atoms with E-state index < -0.39 is 0 Å². The first-order chi connectivity index (χ1) is 14.6. The first-order valence-electron chi connectivity index (χ1n) is 10.0. The van der Waals surface area contributed by atoms with Crippen LogP contribution in [0.4, 0.5) is 11.4 Å². The molecule has 0 spiro atoms. The minimum Gasteiger partial charge on any atom is -0.366 e. The fourth-order valence-electron chi connectivity index (χ4n) is 3.74. The second kappa shape index (κ2) is 8.74. The highest BCUT2D eigenvalue weighted by molar-refractivity contribution is 6.07. The first-order valence-corrected chi connectivity index (χ1v) is 10.0. The molecule has 1 fully saturated rings. The SMILES string of the molecule is O=C(/C=C/c1ccc(N2CCCC2)c([N+](=O)[O-])c1)c1ccc(-c2ccccc2)cc1. The lowest BCUT2D eigenvalue weighted by Crippen LogP contribution is -2.18. The Morgan fingerprint density at radius 1 is 0.900 bits per heavy atom. The van der Waals surface area contributed by atoms with Crippen LogP contribution in [0.3, 0.4) is 0 Å². The smallest absolute Gasteiger partial charge is 0.293 e. The maximum Gasteiger partial charge on any atom is 0.293 e. The van der Waals surface area contributed by atoms with Crippen LogP contribution >= 0.6 is 0 Å². The number of nitrogens with zero attached hydrogens (tertiary/aromatic N) is 2. The van der Waals surface area contributed by atoms with Gasteiger partial charge in [-0.1, -0.05) is 66.7 Å². The van der Waals surface area contributed by atoms with Gasteiger partial charge in [0.15, 0.2) is 5.78 Å². The fourth-order valence-corrected chi connectivity index (χ4v) is 3.74. The van der Waals surface area contributed by atoms with E-state index in [9.17, 15) is 14.9 Å². The number of nitro groups is 1. The maximum absolute atomic E-state index is 12.5. The quantitative estimate of drug-likeness (QED) is 0.229. The molecule has 5 nitrogen and oxygen atoms in total. The number of carbonyl (C=O) groups excluding carboxylic acids is 1. The highest BCUT2D eigenvalue weighted by atomic mass is 16.6. The molecule has 0 saturated carbocycles. The van der Waals surface area contributed by atoms with Gasteiger partial charge in [0.2, 0.25) is 0 Å². The minimum atomic E-state index is -0.352.